The minimum Gasteiger partial charge on any atom is -0.492 e. The summed E-state index contributed by atoms with van der Waals surface area (Å²) in [7, 11) is 0. The number of thiophene rings is 1. The zero-order chi connectivity index (χ0) is 13.6. The molecule has 1 aliphatic rings. The predicted molar refractivity (Wildman–Crippen MR) is 77.7 cm³/mol. The molecule has 98 valence electrons. The highest BCUT2D eigenvalue weighted by molar-refractivity contribution is 7.13. The van der Waals surface area contributed by atoms with E-state index in [1.165, 1.54) is 11.3 Å². The Hall–Kier alpha value is -1.32. The van der Waals surface area contributed by atoms with Gasteiger partial charge in [-0.25, -0.2) is 0 Å². The molecule has 0 saturated carbocycles. The van der Waals surface area contributed by atoms with E-state index in [0.29, 0.717) is 22.1 Å². The highest BCUT2D eigenvalue weighted by Gasteiger charge is 2.32. The van der Waals surface area contributed by atoms with Gasteiger partial charge < -0.3 is 4.74 Å². The molecule has 0 amide bonds. The molecule has 2 nitrogen and oxygen atoms in total. The number of carbonyl (C=O) groups is 1. The van der Waals surface area contributed by atoms with E-state index in [1.54, 1.807) is 12.1 Å². The van der Waals surface area contributed by atoms with Crippen molar-refractivity contribution in [2.75, 3.05) is 6.61 Å². The number of rotatable bonds is 2. The average Bonchev–Trinajstić information content (AvgIpc) is 2.93. The van der Waals surface area contributed by atoms with Crippen LogP contribution < -0.4 is 4.74 Å². The van der Waals surface area contributed by atoms with Gasteiger partial charge in [-0.3, -0.25) is 4.79 Å². The summed E-state index contributed by atoms with van der Waals surface area (Å²) in [5.74, 6) is 0.851. The lowest BCUT2D eigenvalue weighted by Gasteiger charge is -2.15. The number of fused-ring (bicyclic) bond motifs is 1. The highest BCUT2D eigenvalue weighted by Crippen LogP contribution is 2.39. The maximum Gasteiger partial charge on any atom is 0.204 e. The van der Waals surface area contributed by atoms with Gasteiger partial charge >= 0.3 is 0 Å². The normalized spacial score (nSPS) is 15.9. The maximum absolute atomic E-state index is 12.4. The molecule has 4 heteroatoms. The Bertz CT molecular complexity index is 658. The Morgan fingerprint density at radius 1 is 1.37 bits per heavy atom. The first kappa shape index (κ1) is 12.7. The summed E-state index contributed by atoms with van der Waals surface area (Å²) in [6.07, 6.45) is 0. The molecular weight excluding hydrogens is 280 g/mol. The fourth-order valence-electron chi connectivity index (χ4n) is 2.25. The molecule has 0 aliphatic carbocycles. The number of hydrogen-bond acceptors (Lipinski definition) is 3. The molecule has 0 spiro atoms. The van der Waals surface area contributed by atoms with E-state index in [9.17, 15) is 4.79 Å². The molecule has 0 unspecified atom stereocenters. The molecule has 2 aromatic rings. The largest absolute Gasteiger partial charge is 0.492 e. The third kappa shape index (κ3) is 2.07. The van der Waals surface area contributed by atoms with Gasteiger partial charge in [0.25, 0.3) is 0 Å². The second-order valence-corrected chi connectivity index (χ2v) is 6.63. The van der Waals surface area contributed by atoms with E-state index in [1.807, 2.05) is 17.5 Å². The average molecular weight is 293 g/mol. The van der Waals surface area contributed by atoms with Gasteiger partial charge in [-0.15, -0.1) is 11.3 Å². The Kier molecular flexibility index (Phi) is 2.91. The Balaban J connectivity index is 2.04. The van der Waals surface area contributed by atoms with Crippen LogP contribution in [0.2, 0.25) is 5.02 Å². The molecule has 0 fully saturated rings. The van der Waals surface area contributed by atoms with Crippen LogP contribution >= 0.6 is 22.9 Å². The SMILES string of the molecule is CC1(C)COc2ccc(C(=O)c3sccc3Cl)cc21. The minimum absolute atomic E-state index is 0.0227. The van der Waals surface area contributed by atoms with Crippen LogP contribution in [0.5, 0.6) is 5.75 Å². The fourth-order valence-corrected chi connectivity index (χ4v) is 3.35. The molecule has 1 aromatic carbocycles. The van der Waals surface area contributed by atoms with Gasteiger partial charge in [-0.2, -0.15) is 0 Å². The van der Waals surface area contributed by atoms with Gasteiger partial charge in [0.2, 0.25) is 5.78 Å². The number of hydrogen-bond donors (Lipinski definition) is 0. The predicted octanol–water partition coefficient (Wildman–Crippen LogP) is 4.30. The molecule has 3 rings (SSSR count). The van der Waals surface area contributed by atoms with Crippen LogP contribution in [-0.4, -0.2) is 12.4 Å². The summed E-state index contributed by atoms with van der Waals surface area (Å²) in [4.78, 5) is 13.0. The van der Waals surface area contributed by atoms with Crippen LogP contribution in [0.25, 0.3) is 0 Å². The van der Waals surface area contributed by atoms with Crippen molar-refractivity contribution in [2.24, 2.45) is 0 Å². The van der Waals surface area contributed by atoms with E-state index in [2.05, 4.69) is 13.8 Å². The third-order valence-electron chi connectivity index (χ3n) is 3.38. The first-order valence-corrected chi connectivity index (χ1v) is 7.30. The summed E-state index contributed by atoms with van der Waals surface area (Å²) in [6.45, 7) is 4.89. The fraction of sp³-hybridized carbons (Fsp3) is 0.267. The van der Waals surface area contributed by atoms with E-state index >= 15 is 0 Å². The van der Waals surface area contributed by atoms with Crippen molar-refractivity contribution >= 4 is 28.7 Å². The van der Waals surface area contributed by atoms with Crippen LogP contribution in [-0.2, 0) is 5.41 Å². The van der Waals surface area contributed by atoms with Crippen LogP contribution in [0, 0.1) is 0 Å². The summed E-state index contributed by atoms with van der Waals surface area (Å²) in [6, 6.07) is 7.36. The van der Waals surface area contributed by atoms with Crippen LogP contribution in [0.15, 0.2) is 29.6 Å². The van der Waals surface area contributed by atoms with Gasteiger partial charge in [0.05, 0.1) is 16.5 Å². The van der Waals surface area contributed by atoms with Crippen molar-refractivity contribution in [3.63, 3.8) is 0 Å². The zero-order valence-corrected chi connectivity index (χ0v) is 12.3. The Morgan fingerprint density at radius 2 is 2.16 bits per heavy atom. The van der Waals surface area contributed by atoms with Crippen molar-refractivity contribution in [3.05, 3.63) is 50.7 Å². The van der Waals surface area contributed by atoms with Crippen molar-refractivity contribution in [1.82, 2.24) is 0 Å². The molecule has 0 N–H and O–H groups in total. The summed E-state index contributed by atoms with van der Waals surface area (Å²) >= 11 is 7.40. The lowest BCUT2D eigenvalue weighted by Crippen LogP contribution is -2.18. The highest BCUT2D eigenvalue weighted by atomic mass is 35.5. The van der Waals surface area contributed by atoms with Gasteiger partial charge in [-0.05, 0) is 29.6 Å². The second kappa shape index (κ2) is 4.36. The summed E-state index contributed by atoms with van der Waals surface area (Å²) in [5.41, 5.74) is 1.71. The monoisotopic (exact) mass is 292 g/mol. The minimum atomic E-state index is -0.0507. The number of carbonyl (C=O) groups excluding carboxylic acids is 1. The lowest BCUT2D eigenvalue weighted by atomic mass is 9.86. The Morgan fingerprint density at radius 3 is 2.84 bits per heavy atom. The van der Waals surface area contributed by atoms with Gasteiger partial charge in [0.1, 0.15) is 5.75 Å². The van der Waals surface area contributed by atoms with E-state index in [4.69, 9.17) is 16.3 Å². The van der Waals surface area contributed by atoms with Crippen molar-refractivity contribution < 1.29 is 9.53 Å². The molecule has 0 bridgehead atoms. The second-order valence-electron chi connectivity index (χ2n) is 5.31. The molecule has 1 aliphatic heterocycles. The summed E-state index contributed by atoms with van der Waals surface area (Å²) < 4.78 is 5.63. The van der Waals surface area contributed by atoms with E-state index in [0.717, 1.165) is 11.3 Å². The third-order valence-corrected chi connectivity index (χ3v) is 4.72. The first-order chi connectivity index (χ1) is 8.99. The summed E-state index contributed by atoms with van der Waals surface area (Å²) in [5, 5.41) is 2.35. The number of halogens is 1. The van der Waals surface area contributed by atoms with E-state index in [-0.39, 0.29) is 11.2 Å². The quantitative estimate of drug-likeness (QED) is 0.771. The molecule has 2 heterocycles. The molecule has 19 heavy (non-hydrogen) atoms. The molecule has 0 radical (unpaired) electrons. The van der Waals surface area contributed by atoms with Crippen LogP contribution in [0.4, 0.5) is 0 Å². The van der Waals surface area contributed by atoms with Crippen LogP contribution in [0.3, 0.4) is 0 Å². The van der Waals surface area contributed by atoms with Gasteiger partial charge in [0.15, 0.2) is 0 Å². The van der Waals surface area contributed by atoms with Gasteiger partial charge in [0, 0.05) is 16.5 Å². The smallest absolute Gasteiger partial charge is 0.204 e. The zero-order valence-electron chi connectivity index (χ0n) is 10.7. The topological polar surface area (TPSA) is 26.3 Å². The molecule has 0 atom stereocenters. The van der Waals surface area contributed by atoms with Crippen molar-refractivity contribution in [3.8, 4) is 5.75 Å². The van der Waals surface area contributed by atoms with E-state index < -0.39 is 0 Å². The molecule has 1 aromatic heterocycles. The number of ether oxygens (including phenoxy) is 1. The van der Waals surface area contributed by atoms with Crippen molar-refractivity contribution in [1.29, 1.82) is 0 Å². The first-order valence-electron chi connectivity index (χ1n) is 6.04. The molecular formula is C15H13ClO2S. The van der Waals surface area contributed by atoms with Crippen molar-refractivity contribution in [2.45, 2.75) is 19.3 Å². The molecule has 0 saturated heterocycles. The Labute approximate surface area is 121 Å². The lowest BCUT2D eigenvalue weighted by molar-refractivity contribution is 0.104. The number of benzene rings is 1. The number of ketones is 1. The van der Waals surface area contributed by atoms with Crippen LogP contribution in [0.1, 0.15) is 34.6 Å². The maximum atomic E-state index is 12.4. The van der Waals surface area contributed by atoms with Gasteiger partial charge in [-0.1, -0.05) is 25.4 Å². The standard InChI is InChI=1S/C15H13ClO2S/c1-15(2)8-18-12-4-3-9(7-10(12)15)13(17)14-11(16)5-6-19-14/h3-7H,8H2,1-2H3.